The van der Waals surface area contributed by atoms with Crippen LogP contribution in [-0.2, 0) is 23.8 Å². The number of alkyl carbamates (subject to hydrolysis) is 1. The number of rotatable bonds is 5. The summed E-state index contributed by atoms with van der Waals surface area (Å²) in [7, 11) is 1.25. The van der Waals surface area contributed by atoms with Gasteiger partial charge < -0.3 is 19.5 Å². The minimum atomic E-state index is -0.870. The molecule has 0 aromatic rings. The number of ether oxygens (including phenoxy) is 3. The molecule has 0 aromatic carbocycles. The van der Waals surface area contributed by atoms with Gasteiger partial charge in [-0.15, -0.1) is 0 Å². The molecular formula is C13H23NO6. The van der Waals surface area contributed by atoms with Gasteiger partial charge in [-0.1, -0.05) is 0 Å². The predicted octanol–water partition coefficient (Wildman–Crippen LogP) is 1.39. The van der Waals surface area contributed by atoms with Crippen LogP contribution in [-0.4, -0.2) is 42.9 Å². The van der Waals surface area contributed by atoms with Gasteiger partial charge in [0.15, 0.2) is 0 Å². The minimum absolute atomic E-state index is 0.0403. The second kappa shape index (κ2) is 7.72. The van der Waals surface area contributed by atoms with Gasteiger partial charge in [-0.3, -0.25) is 4.79 Å². The maximum Gasteiger partial charge on any atom is 0.408 e. The molecule has 7 heteroatoms. The Kier molecular flexibility index (Phi) is 7.02. The van der Waals surface area contributed by atoms with Gasteiger partial charge in [0.25, 0.3) is 0 Å². The molecule has 7 nitrogen and oxygen atoms in total. The van der Waals surface area contributed by atoms with E-state index in [9.17, 15) is 14.4 Å². The number of hydrogen-bond acceptors (Lipinski definition) is 6. The number of carbonyl (C=O) groups excluding carboxylic acids is 3. The van der Waals surface area contributed by atoms with E-state index >= 15 is 0 Å². The third-order valence-corrected chi connectivity index (χ3v) is 2.09. The first-order chi connectivity index (χ1) is 9.05. The van der Waals surface area contributed by atoms with Gasteiger partial charge >= 0.3 is 18.0 Å². The SMILES string of the molecule is COC(=O)C[C@H](C)OC(=O)[C@H](C)NC(=O)OC(C)(C)C. The summed E-state index contributed by atoms with van der Waals surface area (Å²) in [4.78, 5) is 34.2. The molecule has 20 heavy (non-hydrogen) atoms. The Labute approximate surface area is 118 Å². The van der Waals surface area contributed by atoms with Crippen LogP contribution in [0.4, 0.5) is 4.79 Å². The standard InChI is InChI=1S/C13H23NO6/c1-8(7-10(15)18-6)19-11(16)9(2)14-12(17)20-13(3,4)5/h8-9H,7H2,1-6H3,(H,14,17)/t8-,9-/m0/s1. The molecule has 0 aliphatic rings. The molecule has 0 fully saturated rings. The summed E-state index contributed by atoms with van der Waals surface area (Å²) < 4.78 is 14.5. The second-order valence-corrected chi connectivity index (χ2v) is 5.40. The van der Waals surface area contributed by atoms with E-state index in [0.717, 1.165) is 0 Å². The Hall–Kier alpha value is -1.79. The smallest absolute Gasteiger partial charge is 0.408 e. The summed E-state index contributed by atoms with van der Waals surface area (Å²) in [6, 6.07) is -0.870. The van der Waals surface area contributed by atoms with Crippen LogP contribution in [0.15, 0.2) is 0 Å². The number of carbonyl (C=O) groups is 3. The van der Waals surface area contributed by atoms with Crippen molar-refractivity contribution in [1.29, 1.82) is 0 Å². The maximum absolute atomic E-state index is 11.7. The van der Waals surface area contributed by atoms with Crippen LogP contribution in [0.2, 0.25) is 0 Å². The molecule has 0 spiro atoms. The van der Waals surface area contributed by atoms with Crippen molar-refractivity contribution < 1.29 is 28.6 Å². The molecule has 0 aliphatic heterocycles. The first kappa shape index (κ1) is 18.2. The van der Waals surface area contributed by atoms with E-state index in [4.69, 9.17) is 9.47 Å². The minimum Gasteiger partial charge on any atom is -0.469 e. The van der Waals surface area contributed by atoms with E-state index in [1.54, 1.807) is 27.7 Å². The van der Waals surface area contributed by atoms with E-state index in [1.807, 2.05) is 0 Å². The molecule has 0 bridgehead atoms. The largest absolute Gasteiger partial charge is 0.469 e. The van der Waals surface area contributed by atoms with Crippen LogP contribution in [0.1, 0.15) is 41.0 Å². The van der Waals surface area contributed by atoms with Gasteiger partial charge in [0.1, 0.15) is 17.7 Å². The average molecular weight is 289 g/mol. The molecule has 0 rings (SSSR count). The summed E-state index contributed by atoms with van der Waals surface area (Å²) in [5.41, 5.74) is -0.647. The van der Waals surface area contributed by atoms with Crippen molar-refractivity contribution in [3.05, 3.63) is 0 Å². The lowest BCUT2D eigenvalue weighted by Crippen LogP contribution is -2.43. The van der Waals surface area contributed by atoms with Crippen LogP contribution >= 0.6 is 0 Å². The average Bonchev–Trinajstić information content (AvgIpc) is 2.25. The van der Waals surface area contributed by atoms with Crippen LogP contribution in [0, 0.1) is 0 Å². The van der Waals surface area contributed by atoms with Gasteiger partial charge in [-0.25, -0.2) is 9.59 Å². The van der Waals surface area contributed by atoms with Gasteiger partial charge in [0, 0.05) is 0 Å². The zero-order valence-electron chi connectivity index (χ0n) is 12.8. The molecule has 1 N–H and O–H groups in total. The summed E-state index contributed by atoms with van der Waals surface area (Å²) in [6.07, 6.45) is -1.37. The molecule has 0 aliphatic carbocycles. The van der Waals surface area contributed by atoms with Crippen molar-refractivity contribution in [2.75, 3.05) is 7.11 Å². The number of methoxy groups -OCH3 is 1. The highest BCUT2D eigenvalue weighted by molar-refractivity contribution is 5.81. The van der Waals surface area contributed by atoms with Crippen molar-refractivity contribution in [3.8, 4) is 0 Å². The van der Waals surface area contributed by atoms with Crippen LogP contribution in [0.5, 0.6) is 0 Å². The van der Waals surface area contributed by atoms with Crippen LogP contribution in [0.25, 0.3) is 0 Å². The molecule has 1 amide bonds. The van der Waals surface area contributed by atoms with Crippen molar-refractivity contribution in [2.24, 2.45) is 0 Å². The predicted molar refractivity (Wildman–Crippen MR) is 71.0 cm³/mol. The first-order valence-electron chi connectivity index (χ1n) is 6.32. The van der Waals surface area contributed by atoms with Crippen molar-refractivity contribution in [2.45, 2.75) is 58.8 Å². The lowest BCUT2D eigenvalue weighted by molar-refractivity contribution is -0.154. The quantitative estimate of drug-likeness (QED) is 0.607. The molecule has 0 aromatic heterocycles. The highest BCUT2D eigenvalue weighted by Gasteiger charge is 2.23. The number of nitrogens with one attached hydrogen (secondary N) is 1. The second-order valence-electron chi connectivity index (χ2n) is 5.40. The third kappa shape index (κ3) is 8.34. The highest BCUT2D eigenvalue weighted by atomic mass is 16.6. The highest BCUT2D eigenvalue weighted by Crippen LogP contribution is 2.07. The van der Waals surface area contributed by atoms with Crippen molar-refractivity contribution in [3.63, 3.8) is 0 Å². The molecule has 0 saturated heterocycles. The van der Waals surface area contributed by atoms with Crippen molar-refractivity contribution >= 4 is 18.0 Å². The lowest BCUT2D eigenvalue weighted by Gasteiger charge is -2.22. The monoisotopic (exact) mass is 289 g/mol. The Morgan fingerprint density at radius 3 is 2.15 bits per heavy atom. The summed E-state index contributed by atoms with van der Waals surface area (Å²) >= 11 is 0. The Balaban J connectivity index is 4.22. The maximum atomic E-state index is 11.7. The van der Waals surface area contributed by atoms with E-state index in [-0.39, 0.29) is 6.42 Å². The molecule has 116 valence electrons. The molecule has 0 saturated carbocycles. The van der Waals surface area contributed by atoms with E-state index in [2.05, 4.69) is 10.1 Å². The molecule has 0 radical (unpaired) electrons. The summed E-state index contributed by atoms with van der Waals surface area (Å²) in [5, 5.41) is 2.36. The Morgan fingerprint density at radius 1 is 1.15 bits per heavy atom. The summed E-state index contributed by atoms with van der Waals surface area (Å²) in [5.74, 6) is -1.12. The Bertz CT molecular complexity index is 360. The van der Waals surface area contributed by atoms with Gasteiger partial charge in [-0.05, 0) is 34.6 Å². The van der Waals surface area contributed by atoms with E-state index < -0.39 is 35.8 Å². The number of esters is 2. The molecule has 2 atom stereocenters. The fourth-order valence-corrected chi connectivity index (χ4v) is 1.20. The molecule has 0 heterocycles. The van der Waals surface area contributed by atoms with E-state index in [1.165, 1.54) is 14.0 Å². The van der Waals surface area contributed by atoms with Crippen molar-refractivity contribution in [1.82, 2.24) is 5.32 Å². The van der Waals surface area contributed by atoms with Gasteiger partial charge in [-0.2, -0.15) is 0 Å². The zero-order chi connectivity index (χ0) is 15.9. The van der Waals surface area contributed by atoms with Crippen LogP contribution in [0.3, 0.4) is 0 Å². The fraction of sp³-hybridized carbons (Fsp3) is 0.769. The van der Waals surface area contributed by atoms with Gasteiger partial charge in [0.05, 0.1) is 13.5 Å². The lowest BCUT2D eigenvalue weighted by atomic mass is 10.2. The number of amides is 1. The zero-order valence-corrected chi connectivity index (χ0v) is 12.8. The topological polar surface area (TPSA) is 90.9 Å². The van der Waals surface area contributed by atoms with Crippen LogP contribution < -0.4 is 5.32 Å². The third-order valence-electron chi connectivity index (χ3n) is 2.09. The molecule has 0 unspecified atom stereocenters. The summed E-state index contributed by atoms with van der Waals surface area (Å²) in [6.45, 7) is 8.18. The van der Waals surface area contributed by atoms with E-state index in [0.29, 0.717) is 0 Å². The van der Waals surface area contributed by atoms with Gasteiger partial charge in [0.2, 0.25) is 0 Å². The normalized spacial score (nSPS) is 13.9. The fourth-order valence-electron chi connectivity index (χ4n) is 1.20. The number of hydrogen-bond donors (Lipinski definition) is 1. The molecular weight excluding hydrogens is 266 g/mol. The first-order valence-corrected chi connectivity index (χ1v) is 6.32. The Morgan fingerprint density at radius 2 is 1.70 bits per heavy atom.